The second-order valence-corrected chi connectivity index (χ2v) is 7.11. The molecule has 0 fully saturated rings. The lowest BCUT2D eigenvalue weighted by molar-refractivity contribution is -0.115. The zero-order chi connectivity index (χ0) is 19.6. The molecule has 0 saturated heterocycles. The van der Waals surface area contributed by atoms with Gasteiger partial charge in [-0.1, -0.05) is 41.6 Å². The van der Waals surface area contributed by atoms with Crippen molar-refractivity contribution in [2.75, 3.05) is 5.32 Å². The first-order chi connectivity index (χ1) is 12.8. The van der Waals surface area contributed by atoms with E-state index >= 15 is 0 Å². The summed E-state index contributed by atoms with van der Waals surface area (Å²) in [6.07, 6.45) is 0. The number of anilines is 1. The molecule has 2 aromatic carbocycles. The Balaban J connectivity index is 1.67. The molecule has 0 radical (unpaired) electrons. The summed E-state index contributed by atoms with van der Waals surface area (Å²) in [7, 11) is 0. The SMILES string of the molecule is Cc1ccc(-c2nc(S[C@H](C)C(=O)Nc3ccc(F)c(F)c3F)n[nH]2)cc1. The Labute approximate surface area is 157 Å². The van der Waals surface area contributed by atoms with Crippen molar-refractivity contribution in [2.45, 2.75) is 24.3 Å². The van der Waals surface area contributed by atoms with Gasteiger partial charge in [-0.05, 0) is 26.0 Å². The Kier molecular flexibility index (Phi) is 5.50. The highest BCUT2D eigenvalue weighted by Crippen LogP contribution is 2.25. The molecule has 3 rings (SSSR count). The number of aryl methyl sites for hydroxylation is 1. The van der Waals surface area contributed by atoms with Crippen molar-refractivity contribution >= 4 is 23.4 Å². The van der Waals surface area contributed by atoms with Crippen molar-refractivity contribution in [1.29, 1.82) is 0 Å². The molecule has 0 saturated carbocycles. The molecule has 1 atom stereocenters. The summed E-state index contributed by atoms with van der Waals surface area (Å²) in [5.74, 6) is -4.44. The number of H-pyrrole nitrogens is 1. The van der Waals surface area contributed by atoms with Gasteiger partial charge in [-0.2, -0.15) is 0 Å². The molecule has 0 unspecified atom stereocenters. The van der Waals surface area contributed by atoms with Crippen LogP contribution in [0.15, 0.2) is 41.6 Å². The van der Waals surface area contributed by atoms with Crippen LogP contribution in [-0.4, -0.2) is 26.3 Å². The summed E-state index contributed by atoms with van der Waals surface area (Å²) in [6.45, 7) is 3.54. The number of hydrogen-bond acceptors (Lipinski definition) is 4. The van der Waals surface area contributed by atoms with Crippen LogP contribution in [0.1, 0.15) is 12.5 Å². The molecular weight excluding hydrogens is 377 g/mol. The van der Waals surface area contributed by atoms with E-state index in [1.165, 1.54) is 0 Å². The van der Waals surface area contributed by atoms with E-state index in [1.54, 1.807) is 6.92 Å². The van der Waals surface area contributed by atoms with Crippen LogP contribution in [0.3, 0.4) is 0 Å². The van der Waals surface area contributed by atoms with Gasteiger partial charge in [0.05, 0.1) is 10.9 Å². The van der Waals surface area contributed by atoms with Gasteiger partial charge in [0.2, 0.25) is 11.1 Å². The minimum absolute atomic E-state index is 0.332. The molecule has 1 amide bonds. The van der Waals surface area contributed by atoms with E-state index in [4.69, 9.17) is 0 Å². The molecule has 3 aromatic rings. The quantitative estimate of drug-likeness (QED) is 0.501. The van der Waals surface area contributed by atoms with Crippen molar-refractivity contribution in [3.05, 3.63) is 59.4 Å². The van der Waals surface area contributed by atoms with Gasteiger partial charge in [0.15, 0.2) is 23.3 Å². The summed E-state index contributed by atoms with van der Waals surface area (Å²) in [5, 5.41) is 8.72. The normalized spacial score (nSPS) is 12.0. The molecular formula is C18H15F3N4OS. The lowest BCUT2D eigenvalue weighted by Gasteiger charge is -2.11. The third-order valence-electron chi connectivity index (χ3n) is 3.73. The van der Waals surface area contributed by atoms with Crippen LogP contribution in [-0.2, 0) is 4.79 Å². The zero-order valence-corrected chi connectivity index (χ0v) is 15.2. The topological polar surface area (TPSA) is 70.7 Å². The van der Waals surface area contributed by atoms with E-state index in [0.717, 1.165) is 35.0 Å². The second kappa shape index (κ2) is 7.83. The highest BCUT2D eigenvalue weighted by Gasteiger charge is 2.21. The number of aromatic amines is 1. The van der Waals surface area contributed by atoms with E-state index in [0.29, 0.717) is 11.0 Å². The highest BCUT2D eigenvalue weighted by molar-refractivity contribution is 8.00. The number of aromatic nitrogens is 3. The summed E-state index contributed by atoms with van der Waals surface area (Å²) in [6, 6.07) is 9.38. The first kappa shape index (κ1) is 19.0. The first-order valence-electron chi connectivity index (χ1n) is 7.95. The largest absolute Gasteiger partial charge is 0.323 e. The van der Waals surface area contributed by atoms with Gasteiger partial charge >= 0.3 is 0 Å². The van der Waals surface area contributed by atoms with Gasteiger partial charge in [-0.3, -0.25) is 9.89 Å². The Morgan fingerprint density at radius 1 is 1.11 bits per heavy atom. The Hall–Kier alpha value is -2.81. The van der Waals surface area contributed by atoms with Crippen LogP contribution in [0.2, 0.25) is 0 Å². The number of halogens is 3. The molecule has 1 aromatic heterocycles. The number of carbonyl (C=O) groups is 1. The molecule has 1 heterocycles. The Bertz CT molecular complexity index is 975. The lowest BCUT2D eigenvalue weighted by Crippen LogP contribution is -2.23. The van der Waals surface area contributed by atoms with Crippen LogP contribution >= 0.6 is 11.8 Å². The fourth-order valence-electron chi connectivity index (χ4n) is 2.21. The number of hydrogen-bond donors (Lipinski definition) is 2. The molecule has 140 valence electrons. The van der Waals surface area contributed by atoms with Gasteiger partial charge in [0.25, 0.3) is 0 Å². The molecule has 0 bridgehead atoms. The third-order valence-corrected chi connectivity index (χ3v) is 4.70. The molecule has 0 aliphatic heterocycles. The number of thioether (sulfide) groups is 1. The summed E-state index contributed by atoms with van der Waals surface area (Å²) in [5.41, 5.74) is 1.53. The molecule has 0 aliphatic carbocycles. The maximum atomic E-state index is 13.7. The third kappa shape index (κ3) is 4.30. The predicted octanol–water partition coefficient (Wildman–Crippen LogP) is 4.32. The molecule has 2 N–H and O–H groups in total. The first-order valence-corrected chi connectivity index (χ1v) is 8.83. The van der Waals surface area contributed by atoms with E-state index in [-0.39, 0.29) is 0 Å². The van der Waals surface area contributed by atoms with Crippen LogP contribution in [0, 0.1) is 24.4 Å². The van der Waals surface area contributed by atoms with Crippen molar-refractivity contribution in [2.24, 2.45) is 0 Å². The van der Waals surface area contributed by atoms with E-state index in [2.05, 4.69) is 20.5 Å². The molecule has 0 aliphatic rings. The van der Waals surface area contributed by atoms with Crippen LogP contribution < -0.4 is 5.32 Å². The van der Waals surface area contributed by atoms with Gasteiger partial charge in [0.1, 0.15) is 0 Å². The smallest absolute Gasteiger partial charge is 0.237 e. The van der Waals surface area contributed by atoms with Crippen molar-refractivity contribution in [3.8, 4) is 11.4 Å². The van der Waals surface area contributed by atoms with E-state index in [1.807, 2.05) is 31.2 Å². The number of carbonyl (C=O) groups excluding carboxylic acids is 1. The predicted molar refractivity (Wildman–Crippen MR) is 96.8 cm³/mol. The number of amides is 1. The standard InChI is InChI=1S/C18H15F3N4OS/c1-9-3-5-11(6-4-9)16-23-18(25-24-16)27-10(2)17(26)22-13-8-7-12(19)14(20)15(13)21/h3-8,10H,1-2H3,(H,22,26)(H,23,24,25)/t10-/m1/s1. The number of nitrogens with one attached hydrogen (secondary N) is 2. The van der Waals surface area contributed by atoms with Crippen LogP contribution in [0.4, 0.5) is 18.9 Å². The molecule has 27 heavy (non-hydrogen) atoms. The summed E-state index contributed by atoms with van der Waals surface area (Å²) in [4.78, 5) is 16.5. The van der Waals surface area contributed by atoms with Crippen molar-refractivity contribution in [3.63, 3.8) is 0 Å². The number of nitrogens with zero attached hydrogens (tertiary/aromatic N) is 2. The fourth-order valence-corrected chi connectivity index (χ4v) is 2.93. The van der Waals surface area contributed by atoms with Crippen molar-refractivity contribution in [1.82, 2.24) is 15.2 Å². The van der Waals surface area contributed by atoms with Gasteiger partial charge < -0.3 is 5.32 Å². The summed E-state index contributed by atoms with van der Waals surface area (Å²) >= 11 is 1.05. The Morgan fingerprint density at radius 3 is 2.52 bits per heavy atom. The molecule has 9 heteroatoms. The van der Waals surface area contributed by atoms with Crippen molar-refractivity contribution < 1.29 is 18.0 Å². The number of rotatable bonds is 5. The van der Waals surface area contributed by atoms with Gasteiger partial charge in [-0.15, -0.1) is 5.10 Å². The monoisotopic (exact) mass is 392 g/mol. The number of benzene rings is 2. The second-order valence-electron chi connectivity index (χ2n) is 5.80. The van der Waals surface area contributed by atoms with Crippen LogP contribution in [0.25, 0.3) is 11.4 Å². The zero-order valence-electron chi connectivity index (χ0n) is 14.4. The van der Waals surface area contributed by atoms with E-state index in [9.17, 15) is 18.0 Å². The average Bonchev–Trinajstić information content (AvgIpc) is 3.11. The minimum atomic E-state index is -1.63. The van der Waals surface area contributed by atoms with Gasteiger partial charge in [0, 0.05) is 5.56 Å². The maximum absolute atomic E-state index is 13.7. The lowest BCUT2D eigenvalue weighted by atomic mass is 10.1. The van der Waals surface area contributed by atoms with Gasteiger partial charge in [-0.25, -0.2) is 18.2 Å². The molecule has 0 spiro atoms. The molecule has 5 nitrogen and oxygen atoms in total. The highest BCUT2D eigenvalue weighted by atomic mass is 32.2. The summed E-state index contributed by atoms with van der Waals surface area (Å²) < 4.78 is 39.9. The fraction of sp³-hybridized carbons (Fsp3) is 0.167. The van der Waals surface area contributed by atoms with E-state index < -0.39 is 34.3 Å². The Morgan fingerprint density at radius 2 is 1.81 bits per heavy atom. The maximum Gasteiger partial charge on any atom is 0.237 e. The van der Waals surface area contributed by atoms with Crippen LogP contribution in [0.5, 0.6) is 0 Å². The average molecular weight is 392 g/mol. The minimum Gasteiger partial charge on any atom is -0.323 e.